The number of amides is 20. The Morgan fingerprint density at radius 2 is 0.699 bits per heavy atom. The van der Waals surface area contributed by atoms with Gasteiger partial charge in [0.1, 0.15) is 98.2 Å². The fourth-order valence-electron chi connectivity index (χ4n) is 12.2. The Hall–Kier alpha value is -10.7. The van der Waals surface area contributed by atoms with Gasteiger partial charge in [0.25, 0.3) is 0 Å². The average molecular weight is 1750 g/mol. The summed E-state index contributed by atoms with van der Waals surface area (Å²) in [6.45, 7) is 37.3. The first-order valence-corrected chi connectivity index (χ1v) is 41.4. The lowest BCUT2D eigenvalue weighted by Gasteiger charge is -2.37. The summed E-state index contributed by atoms with van der Waals surface area (Å²) >= 11 is 0. The normalized spacial score (nSPS) is 16.1. The third-order valence-electron chi connectivity index (χ3n) is 20.9. The van der Waals surface area contributed by atoms with Crippen LogP contribution in [0.2, 0.25) is 0 Å². The number of aliphatic hydroxyl groups excluding tert-OH is 2. The number of aliphatic hydroxyl groups is 2. The predicted molar refractivity (Wildman–Crippen MR) is 451 cm³/mol. The van der Waals surface area contributed by atoms with Gasteiger partial charge in [0.15, 0.2) is 0 Å². The number of carbonyl (C=O) groups is 20. The lowest BCUT2D eigenvalue weighted by molar-refractivity contribution is -0.146. The minimum absolute atomic E-state index is 0.0333. The molecule has 1 fully saturated rings. The Labute approximate surface area is 721 Å². The van der Waals surface area contributed by atoms with E-state index in [1.807, 2.05) is 13.8 Å². The molecule has 1 rings (SSSR count). The topological polar surface area (TPSA) is 642 Å². The molecule has 0 spiro atoms. The van der Waals surface area contributed by atoms with Gasteiger partial charge in [0.05, 0.1) is 19.3 Å². The second-order valence-electron chi connectivity index (χ2n) is 37.1. The molecule has 1 saturated heterocycles. The van der Waals surface area contributed by atoms with Crippen molar-refractivity contribution < 1.29 is 106 Å². The monoisotopic (exact) mass is 1750 g/mol. The van der Waals surface area contributed by atoms with Crippen molar-refractivity contribution in [3.05, 3.63) is 0 Å². The van der Waals surface area contributed by atoms with Crippen LogP contribution in [0.4, 0.5) is 0 Å². The van der Waals surface area contributed by atoms with Crippen LogP contribution in [0.3, 0.4) is 0 Å². The molecule has 0 aliphatic carbocycles. The number of nitrogens with zero attached hydrogens (tertiary/aromatic N) is 1. The van der Waals surface area contributed by atoms with Crippen LogP contribution in [0, 0.1) is 17.8 Å². The van der Waals surface area contributed by atoms with Crippen LogP contribution in [-0.2, 0) is 95.9 Å². The van der Waals surface area contributed by atoms with Crippen molar-refractivity contribution in [3.8, 4) is 0 Å². The first kappa shape index (κ1) is 110. The Kier molecular flexibility index (Phi) is 40.9. The zero-order chi connectivity index (χ0) is 95.8. The van der Waals surface area contributed by atoms with E-state index in [2.05, 4.69) is 90.4 Å². The Morgan fingerprint density at radius 1 is 0.366 bits per heavy atom. The summed E-state index contributed by atoms with van der Waals surface area (Å²) in [6, 6.07) is -11.7. The number of likely N-dealkylation sites (tertiary alicyclic amines) is 1. The summed E-state index contributed by atoms with van der Waals surface area (Å²) in [4.78, 5) is 273. The van der Waals surface area contributed by atoms with Crippen LogP contribution in [0.25, 0.3) is 0 Å². The highest BCUT2D eigenvalue weighted by atomic mass is 16.3. The zero-order valence-electron chi connectivity index (χ0n) is 76.8. The van der Waals surface area contributed by atoms with E-state index in [9.17, 15) is 106 Å². The molecule has 42 heteroatoms. The number of nitrogens with two attached hydrogens (primary N) is 2. The van der Waals surface area contributed by atoms with Gasteiger partial charge in [-0.05, 0) is 194 Å². The van der Waals surface area contributed by atoms with Crippen molar-refractivity contribution in [3.63, 3.8) is 0 Å². The minimum Gasteiger partial charge on any atom is -0.394 e. The molecule has 0 aromatic heterocycles. The molecule has 11 unspecified atom stereocenters. The molecular weight excluding hydrogens is 1610 g/mol. The van der Waals surface area contributed by atoms with E-state index >= 15 is 0 Å². The van der Waals surface area contributed by atoms with E-state index in [1.54, 1.807) is 34.6 Å². The number of rotatable bonds is 49. The molecule has 698 valence electrons. The second-order valence-corrected chi connectivity index (χ2v) is 37.1. The molecule has 123 heavy (non-hydrogen) atoms. The van der Waals surface area contributed by atoms with Crippen molar-refractivity contribution in [2.45, 2.75) is 355 Å². The molecule has 0 aromatic carbocycles. The Bertz CT molecular complexity index is 3890. The van der Waals surface area contributed by atoms with Crippen molar-refractivity contribution in [1.29, 1.82) is 0 Å². The molecule has 0 saturated carbocycles. The molecule has 0 bridgehead atoms. The highest BCUT2D eigenvalue weighted by Crippen LogP contribution is 2.25. The molecule has 11 atom stereocenters. The standard InChI is InChI=1S/C81H142N20O22/c1-28-43(7)51(39-102)87-58(109)47(32-34-54(82)105)88-67(118)76(17,18)99-70(121)79(23,24)96-61(112)49(37-41(3)4)86-63(114)53-31-30-36-101(53)72(123)80(25,26)100-71(122)81(27,29-2)97-57(108)45(9)85-64(115)74(13,14)95-62(113)50(38-42(5)6)90-66(117)75(15,16)94-60(111)48(33-35-55(83)106)89-68(119)77(19,20)98-69(120)78(21,22)93-56(107)44(8)84-59(110)52(40-103)91-65(116)73(11,12)92-46(10)104/h41-45,47-53,102-103H,28-40H2,1-27H3,(H2,82,105)(H2,83,106)(H,84,110)(H,85,115)(H,86,114)(H,87,109)(H,88,118)(H,89,119)(H,90,117)(H,91,116)(H,92,104)(H,93,107)(H,94,111)(H,95,113)(H,96,112)(H,97,108)(H,98,120)(H,99,121)(H,100,122). The van der Waals surface area contributed by atoms with Gasteiger partial charge in [0, 0.05) is 26.3 Å². The molecule has 1 aliphatic rings. The predicted octanol–water partition coefficient (Wildman–Crippen LogP) is -3.99. The Morgan fingerprint density at radius 3 is 1.09 bits per heavy atom. The summed E-state index contributed by atoms with van der Waals surface area (Å²) in [5, 5.41) is 63.1. The van der Waals surface area contributed by atoms with Crippen LogP contribution in [0.5, 0.6) is 0 Å². The van der Waals surface area contributed by atoms with Crippen molar-refractivity contribution in [1.82, 2.24) is 95.3 Å². The van der Waals surface area contributed by atoms with Crippen molar-refractivity contribution in [2.24, 2.45) is 29.2 Å². The van der Waals surface area contributed by atoms with E-state index < -0.39 is 248 Å². The molecule has 42 nitrogen and oxygen atoms in total. The quantitative estimate of drug-likeness (QED) is 0.0276. The van der Waals surface area contributed by atoms with Crippen LogP contribution in [-0.4, -0.2) is 257 Å². The lowest BCUT2D eigenvalue weighted by Crippen LogP contribution is -2.67. The highest BCUT2D eigenvalue weighted by molar-refractivity contribution is 6.04. The van der Waals surface area contributed by atoms with Gasteiger partial charge in [-0.3, -0.25) is 95.9 Å². The van der Waals surface area contributed by atoms with E-state index in [0.29, 0.717) is 12.8 Å². The number of nitrogens with one attached hydrogen (secondary N) is 17. The van der Waals surface area contributed by atoms with Crippen LogP contribution in [0.15, 0.2) is 0 Å². The SMILES string of the molecule is CCC(C)C(CO)NC(=O)C(CCC(N)=O)NC(=O)C(C)(C)NC(=O)C(C)(C)NC(=O)C(CC(C)C)NC(=O)C1CCCN1C(=O)C(C)(C)NC(=O)C(C)(CC)NC(=O)C(C)NC(=O)C(C)(C)NC(=O)C(CC(C)C)NC(=O)C(C)(C)NC(=O)C(CCC(N)=O)NC(=O)C(C)(C)NC(=O)C(C)(C)NC(=O)C(C)NC(=O)C(CO)NC(=O)C(C)(C)NC(C)=O. The van der Waals surface area contributed by atoms with E-state index in [1.165, 1.54) is 143 Å². The number of hydrogen-bond donors (Lipinski definition) is 21. The third-order valence-corrected chi connectivity index (χ3v) is 20.9. The van der Waals surface area contributed by atoms with Gasteiger partial charge in [-0.15, -0.1) is 0 Å². The van der Waals surface area contributed by atoms with Crippen LogP contribution >= 0.6 is 0 Å². The summed E-state index contributed by atoms with van der Waals surface area (Å²) in [6.07, 6.45) is -0.331. The molecule has 1 heterocycles. The number of carbonyl (C=O) groups excluding carboxylic acids is 20. The van der Waals surface area contributed by atoms with Crippen LogP contribution in [0.1, 0.15) is 251 Å². The van der Waals surface area contributed by atoms with Crippen molar-refractivity contribution >= 4 is 118 Å². The van der Waals surface area contributed by atoms with Gasteiger partial charge in [-0.1, -0.05) is 54.9 Å². The van der Waals surface area contributed by atoms with E-state index in [0.717, 1.165) is 0 Å². The minimum atomic E-state index is -1.91. The fraction of sp³-hybridized carbons (Fsp3) is 0.753. The Balaban J connectivity index is 3.26. The van der Waals surface area contributed by atoms with Gasteiger partial charge in [-0.2, -0.15) is 0 Å². The molecule has 1 aliphatic heterocycles. The third kappa shape index (κ3) is 34.2. The summed E-state index contributed by atoms with van der Waals surface area (Å²) in [5.74, 6) is -17.6. The summed E-state index contributed by atoms with van der Waals surface area (Å²) in [7, 11) is 0. The van der Waals surface area contributed by atoms with Gasteiger partial charge >= 0.3 is 0 Å². The molecule has 0 radical (unpaired) electrons. The van der Waals surface area contributed by atoms with E-state index in [-0.39, 0.29) is 62.8 Å². The lowest BCUT2D eigenvalue weighted by atomic mass is 9.93. The van der Waals surface area contributed by atoms with Crippen molar-refractivity contribution in [2.75, 3.05) is 19.8 Å². The first-order valence-electron chi connectivity index (χ1n) is 41.4. The molecule has 23 N–H and O–H groups in total. The smallest absolute Gasteiger partial charge is 0.248 e. The van der Waals surface area contributed by atoms with Gasteiger partial charge in [0.2, 0.25) is 118 Å². The number of primary amides is 2. The largest absolute Gasteiger partial charge is 0.394 e. The maximum Gasteiger partial charge on any atom is 0.248 e. The van der Waals surface area contributed by atoms with Gasteiger partial charge in [-0.25, -0.2) is 0 Å². The second kappa shape index (κ2) is 45.6. The van der Waals surface area contributed by atoms with Gasteiger partial charge < -0.3 is 117 Å². The average Bonchev–Trinajstić information content (AvgIpc) is 1.69. The summed E-state index contributed by atoms with van der Waals surface area (Å²) in [5.41, 5.74) is -5.15. The van der Waals surface area contributed by atoms with Crippen LogP contribution < -0.4 is 102 Å². The fourth-order valence-corrected chi connectivity index (χ4v) is 12.2. The molecule has 0 aromatic rings. The first-order chi connectivity index (χ1) is 56.0. The highest BCUT2D eigenvalue weighted by Gasteiger charge is 2.49. The summed E-state index contributed by atoms with van der Waals surface area (Å²) < 4.78 is 0. The zero-order valence-corrected chi connectivity index (χ0v) is 76.8. The molecule has 20 amide bonds. The maximum absolute atomic E-state index is 14.6. The van der Waals surface area contributed by atoms with E-state index in [4.69, 9.17) is 11.5 Å². The molecular formula is C81H142N20O22. The number of hydrogen-bond acceptors (Lipinski definition) is 22. The maximum atomic E-state index is 14.6.